The maximum Gasteiger partial charge on any atom is 0.455 e. The summed E-state index contributed by atoms with van der Waals surface area (Å²) in [7, 11) is 0. The van der Waals surface area contributed by atoms with E-state index in [2.05, 4.69) is 40.6 Å². The van der Waals surface area contributed by atoms with Gasteiger partial charge in [-0.2, -0.15) is 18.2 Å². The molecular weight excluding hydrogens is 445 g/mol. The second-order valence-electron chi connectivity index (χ2n) is 5.15. The Bertz CT molecular complexity index is 991. The molecule has 3 heterocycles. The molecule has 0 aliphatic rings. The highest BCUT2D eigenvalue weighted by atomic mass is 79.9. The lowest BCUT2D eigenvalue weighted by Crippen LogP contribution is -2.15. The number of imidazole rings is 2. The first kappa shape index (κ1) is 19.5. The predicted octanol–water partition coefficient (Wildman–Crippen LogP) is 4.11. The molecule has 0 aliphatic carbocycles. The van der Waals surface area contributed by atoms with Crippen molar-refractivity contribution < 1.29 is 22.5 Å². The molecule has 8 nitrogen and oxygen atoms in total. The lowest BCUT2D eigenvalue weighted by Gasteiger charge is -1.98. The van der Waals surface area contributed by atoms with E-state index in [9.17, 15) is 18.0 Å². The molecular formula is C16H10BrF3N6O2. The van der Waals surface area contributed by atoms with E-state index in [0.29, 0.717) is 5.56 Å². The van der Waals surface area contributed by atoms with E-state index < -0.39 is 12.0 Å². The van der Waals surface area contributed by atoms with Gasteiger partial charge in [-0.3, -0.25) is 9.13 Å². The molecule has 0 atom stereocenters. The van der Waals surface area contributed by atoms with Crippen molar-refractivity contribution >= 4 is 22.0 Å². The molecule has 3 aromatic heterocycles. The molecule has 0 aliphatic heterocycles. The van der Waals surface area contributed by atoms with Crippen molar-refractivity contribution in [1.29, 1.82) is 0 Å². The zero-order valence-corrected chi connectivity index (χ0v) is 15.4. The fourth-order valence-electron chi connectivity index (χ4n) is 1.93. The molecule has 0 amide bonds. The van der Waals surface area contributed by atoms with Gasteiger partial charge >= 0.3 is 12.2 Å². The van der Waals surface area contributed by atoms with Gasteiger partial charge in [0.25, 0.3) is 11.7 Å². The number of rotatable bonds is 1. The molecule has 4 rings (SSSR count). The van der Waals surface area contributed by atoms with Gasteiger partial charge in [0.15, 0.2) is 0 Å². The third-order valence-corrected chi connectivity index (χ3v) is 3.75. The van der Waals surface area contributed by atoms with Crippen molar-refractivity contribution in [1.82, 2.24) is 29.2 Å². The summed E-state index contributed by atoms with van der Waals surface area (Å²) in [6.45, 7) is 0. The standard InChI is InChI=1S/C9H4BrF3N2O.C7H6N4O/c10-6-3-1-5(2-4-6)7-14-8(15-16-7)9(11,12)13;12-7(10-3-1-8-5-10)11-4-2-9-6-11/h1-4H;1-6H. The summed E-state index contributed by atoms with van der Waals surface area (Å²) in [5.41, 5.74) is 0.436. The second kappa shape index (κ2) is 8.17. The number of carbonyl (C=O) groups excluding carboxylic acids is 1. The molecule has 0 saturated heterocycles. The minimum Gasteiger partial charge on any atom is -0.334 e. The number of alkyl halides is 3. The van der Waals surface area contributed by atoms with E-state index in [1.165, 1.54) is 21.8 Å². The Labute approximate surface area is 163 Å². The summed E-state index contributed by atoms with van der Waals surface area (Å²) in [5, 5.41) is 2.86. The molecule has 4 aromatic rings. The van der Waals surface area contributed by atoms with E-state index in [-0.39, 0.29) is 11.9 Å². The average molecular weight is 455 g/mol. The smallest absolute Gasteiger partial charge is 0.334 e. The SMILES string of the molecule is FC(F)(F)c1noc(-c2ccc(Br)cc2)n1.O=C(n1ccnc1)n1ccnc1. The molecule has 12 heteroatoms. The van der Waals surface area contributed by atoms with Crippen LogP contribution in [-0.4, -0.2) is 35.3 Å². The highest BCUT2D eigenvalue weighted by molar-refractivity contribution is 9.10. The molecule has 0 spiro atoms. The molecule has 0 bridgehead atoms. The van der Waals surface area contributed by atoms with E-state index in [1.54, 1.807) is 49.1 Å². The highest BCUT2D eigenvalue weighted by Crippen LogP contribution is 2.29. The van der Waals surface area contributed by atoms with Gasteiger partial charge in [0.2, 0.25) is 0 Å². The number of halogens is 4. The lowest BCUT2D eigenvalue weighted by molar-refractivity contribution is -0.146. The highest BCUT2D eigenvalue weighted by Gasteiger charge is 2.37. The Kier molecular flexibility index (Phi) is 5.68. The number of hydrogen-bond acceptors (Lipinski definition) is 6. The molecule has 0 saturated carbocycles. The van der Waals surface area contributed by atoms with Crippen molar-refractivity contribution in [2.45, 2.75) is 6.18 Å². The van der Waals surface area contributed by atoms with Gasteiger partial charge in [0.05, 0.1) is 0 Å². The fourth-order valence-corrected chi connectivity index (χ4v) is 2.19. The normalized spacial score (nSPS) is 11.0. The van der Waals surface area contributed by atoms with Gasteiger partial charge in [-0.25, -0.2) is 14.8 Å². The van der Waals surface area contributed by atoms with Crippen molar-refractivity contribution in [2.75, 3.05) is 0 Å². The van der Waals surface area contributed by atoms with Crippen LogP contribution in [0.15, 0.2) is 70.7 Å². The third-order valence-electron chi connectivity index (χ3n) is 3.22. The predicted molar refractivity (Wildman–Crippen MR) is 93.1 cm³/mol. The van der Waals surface area contributed by atoms with Crippen molar-refractivity contribution in [3.05, 3.63) is 72.0 Å². The average Bonchev–Trinajstić information content (AvgIpc) is 3.44. The Hall–Kier alpha value is -3.28. The minimum absolute atomic E-state index is 0.153. The maximum atomic E-state index is 12.2. The van der Waals surface area contributed by atoms with Crippen LogP contribution in [-0.2, 0) is 6.18 Å². The summed E-state index contributed by atoms with van der Waals surface area (Å²) in [5.74, 6) is -1.43. The Balaban J connectivity index is 0.000000167. The summed E-state index contributed by atoms with van der Waals surface area (Å²) < 4.78 is 44.7. The third kappa shape index (κ3) is 4.71. The van der Waals surface area contributed by atoms with Gasteiger partial charge in [0.1, 0.15) is 12.7 Å². The minimum atomic E-state index is -4.59. The monoisotopic (exact) mass is 454 g/mol. The maximum absolute atomic E-state index is 12.2. The zero-order chi connectivity index (χ0) is 20.1. The largest absolute Gasteiger partial charge is 0.455 e. The Morgan fingerprint density at radius 2 is 1.57 bits per heavy atom. The molecule has 0 radical (unpaired) electrons. The quantitative estimate of drug-likeness (QED) is 0.429. The van der Waals surface area contributed by atoms with Crippen LogP contribution in [0.3, 0.4) is 0 Å². The molecule has 1 aromatic carbocycles. The second-order valence-corrected chi connectivity index (χ2v) is 6.07. The molecule has 144 valence electrons. The Morgan fingerprint density at radius 3 is 2.00 bits per heavy atom. The van der Waals surface area contributed by atoms with Gasteiger partial charge < -0.3 is 4.52 Å². The molecule has 28 heavy (non-hydrogen) atoms. The first-order valence-corrected chi connectivity index (χ1v) is 8.31. The summed E-state index contributed by atoms with van der Waals surface area (Å²) >= 11 is 3.21. The van der Waals surface area contributed by atoms with Crippen molar-refractivity contribution in [3.63, 3.8) is 0 Å². The molecule has 0 fully saturated rings. The van der Waals surface area contributed by atoms with Crippen LogP contribution in [0, 0.1) is 0 Å². The summed E-state index contributed by atoms with van der Waals surface area (Å²) in [4.78, 5) is 22.2. The van der Waals surface area contributed by atoms with Gasteiger partial charge in [0, 0.05) is 34.8 Å². The van der Waals surface area contributed by atoms with Gasteiger partial charge in [-0.05, 0) is 24.3 Å². The van der Waals surface area contributed by atoms with Gasteiger partial charge in [-0.15, -0.1) is 0 Å². The number of aromatic nitrogens is 6. The topological polar surface area (TPSA) is 91.6 Å². The fraction of sp³-hybridized carbons (Fsp3) is 0.0625. The van der Waals surface area contributed by atoms with Crippen LogP contribution in [0.5, 0.6) is 0 Å². The summed E-state index contributed by atoms with van der Waals surface area (Å²) in [6, 6.07) is 6.32. The Morgan fingerprint density at radius 1 is 1.00 bits per heavy atom. The van der Waals surface area contributed by atoms with E-state index in [4.69, 9.17) is 0 Å². The van der Waals surface area contributed by atoms with Crippen LogP contribution in [0.4, 0.5) is 18.0 Å². The van der Waals surface area contributed by atoms with Crippen LogP contribution in [0.25, 0.3) is 11.5 Å². The van der Waals surface area contributed by atoms with Crippen LogP contribution in [0.1, 0.15) is 5.82 Å². The van der Waals surface area contributed by atoms with Crippen LogP contribution < -0.4 is 0 Å². The molecule has 0 unspecified atom stereocenters. The molecule has 0 N–H and O–H groups in total. The van der Waals surface area contributed by atoms with Gasteiger partial charge in [-0.1, -0.05) is 21.1 Å². The van der Waals surface area contributed by atoms with Crippen molar-refractivity contribution in [3.8, 4) is 11.5 Å². The van der Waals surface area contributed by atoms with E-state index in [1.807, 2.05) is 0 Å². The van der Waals surface area contributed by atoms with Crippen LogP contribution >= 0.6 is 15.9 Å². The number of benzene rings is 1. The zero-order valence-electron chi connectivity index (χ0n) is 13.8. The van der Waals surface area contributed by atoms with Crippen LogP contribution in [0.2, 0.25) is 0 Å². The first-order chi connectivity index (χ1) is 13.3. The van der Waals surface area contributed by atoms with E-state index in [0.717, 1.165) is 4.47 Å². The van der Waals surface area contributed by atoms with Crippen molar-refractivity contribution in [2.24, 2.45) is 0 Å². The number of carbonyl (C=O) groups is 1. The lowest BCUT2D eigenvalue weighted by atomic mass is 10.2. The number of nitrogens with zero attached hydrogens (tertiary/aromatic N) is 6. The summed E-state index contributed by atoms with van der Waals surface area (Å²) in [6.07, 6.45) is 4.58. The van der Waals surface area contributed by atoms with E-state index >= 15 is 0 Å². The first-order valence-electron chi connectivity index (χ1n) is 7.52. The number of hydrogen-bond donors (Lipinski definition) is 0.